The lowest BCUT2D eigenvalue weighted by atomic mass is 10.2. The van der Waals surface area contributed by atoms with Crippen LogP contribution in [0.25, 0.3) is 21.9 Å². The van der Waals surface area contributed by atoms with E-state index in [2.05, 4.69) is 32.0 Å². The number of hydrogen-bond donors (Lipinski definition) is 1. The van der Waals surface area contributed by atoms with Crippen LogP contribution in [0.1, 0.15) is 5.56 Å². The zero-order chi connectivity index (χ0) is 17.5. The van der Waals surface area contributed by atoms with Gasteiger partial charge in [0.2, 0.25) is 0 Å². The molecule has 1 aliphatic heterocycles. The van der Waals surface area contributed by atoms with Gasteiger partial charge in [0.1, 0.15) is 28.9 Å². The molecule has 0 radical (unpaired) electrons. The van der Waals surface area contributed by atoms with Crippen LogP contribution < -0.4 is 9.64 Å². The van der Waals surface area contributed by atoms with Gasteiger partial charge in [0.05, 0.1) is 24.6 Å². The summed E-state index contributed by atoms with van der Waals surface area (Å²) in [6.07, 6.45) is 1.61. The van der Waals surface area contributed by atoms with Crippen molar-refractivity contribution in [1.29, 1.82) is 0 Å². The van der Waals surface area contributed by atoms with Gasteiger partial charge in [0.15, 0.2) is 5.82 Å². The van der Waals surface area contributed by atoms with Crippen molar-refractivity contribution in [2.45, 2.75) is 0 Å². The molecule has 0 bridgehead atoms. The molecular weight excluding hydrogens is 326 g/mol. The number of fused-ring (bicyclic) bond motifs is 3. The number of anilines is 1. The molecule has 6 nitrogen and oxygen atoms in total. The van der Waals surface area contributed by atoms with E-state index in [-0.39, 0.29) is 0 Å². The fourth-order valence-electron chi connectivity index (χ4n) is 3.56. The number of H-pyrrole nitrogens is 1. The molecule has 0 aliphatic carbocycles. The third kappa shape index (κ3) is 2.15. The van der Waals surface area contributed by atoms with E-state index >= 15 is 0 Å². The molecule has 2 aromatic carbocycles. The summed E-state index contributed by atoms with van der Waals surface area (Å²) in [4.78, 5) is 19.4. The van der Waals surface area contributed by atoms with E-state index in [0.29, 0.717) is 0 Å². The zero-order valence-corrected chi connectivity index (χ0v) is 14.3. The lowest BCUT2D eigenvalue weighted by Gasteiger charge is -2.19. The highest BCUT2D eigenvalue weighted by Crippen LogP contribution is 2.35. The minimum absolute atomic E-state index is 0.749. The van der Waals surface area contributed by atoms with Gasteiger partial charge >= 0.3 is 0 Å². The van der Waals surface area contributed by atoms with E-state index in [0.717, 1.165) is 58.0 Å². The second-order valence-electron chi connectivity index (χ2n) is 6.15. The summed E-state index contributed by atoms with van der Waals surface area (Å²) in [5.41, 5.74) is 3.84. The number of methoxy groups -OCH3 is 1. The maximum Gasteiger partial charge on any atom is 0.162 e. The monoisotopic (exact) mass is 343 g/mol. The van der Waals surface area contributed by atoms with Gasteiger partial charge in [-0.05, 0) is 12.1 Å². The number of aromatic amines is 1. The Bertz CT molecular complexity index is 1130. The molecule has 6 heteroatoms. The van der Waals surface area contributed by atoms with E-state index in [1.807, 2.05) is 36.4 Å². The average Bonchev–Trinajstić information content (AvgIpc) is 3.33. The Balaban J connectivity index is 1.72. The van der Waals surface area contributed by atoms with Gasteiger partial charge in [-0.25, -0.2) is 9.97 Å². The highest BCUT2D eigenvalue weighted by atomic mass is 16.5. The quantitative estimate of drug-likeness (QED) is 0.619. The SMILES string of the molecule is COc1cccc2[nH]c3c(N4CCN=C4c4ccccc4)ncnc3c12. The second-order valence-corrected chi connectivity index (χ2v) is 6.15. The molecule has 26 heavy (non-hydrogen) atoms. The minimum Gasteiger partial charge on any atom is -0.496 e. The predicted molar refractivity (Wildman–Crippen MR) is 103 cm³/mol. The van der Waals surface area contributed by atoms with Crippen LogP contribution >= 0.6 is 0 Å². The Kier molecular flexibility index (Phi) is 3.35. The van der Waals surface area contributed by atoms with Gasteiger partial charge < -0.3 is 14.6 Å². The Morgan fingerprint density at radius 3 is 2.77 bits per heavy atom. The largest absolute Gasteiger partial charge is 0.496 e. The van der Waals surface area contributed by atoms with Gasteiger partial charge in [0.25, 0.3) is 0 Å². The highest BCUT2D eigenvalue weighted by molar-refractivity contribution is 6.17. The van der Waals surface area contributed by atoms with Crippen LogP contribution in [0.3, 0.4) is 0 Å². The van der Waals surface area contributed by atoms with Crippen LogP contribution in [-0.4, -0.2) is 41.0 Å². The maximum atomic E-state index is 5.53. The lowest BCUT2D eigenvalue weighted by molar-refractivity contribution is 0.420. The molecule has 3 heterocycles. The summed E-state index contributed by atoms with van der Waals surface area (Å²) in [6, 6.07) is 16.2. The molecule has 0 saturated carbocycles. The predicted octanol–water partition coefficient (Wildman–Crippen LogP) is 3.39. The number of hydrogen-bond acceptors (Lipinski definition) is 5. The van der Waals surface area contributed by atoms with Crippen molar-refractivity contribution in [1.82, 2.24) is 15.0 Å². The number of aromatic nitrogens is 3. The Morgan fingerprint density at radius 2 is 1.92 bits per heavy atom. The molecular formula is C20H17N5O. The standard InChI is InChI=1S/C20H17N5O/c1-26-15-9-5-8-14-16(15)17-18(24-14)20(23-12-22-17)25-11-10-21-19(25)13-6-3-2-4-7-13/h2-9,12,24H,10-11H2,1H3. The molecule has 0 saturated heterocycles. The molecule has 0 atom stereocenters. The van der Waals surface area contributed by atoms with Gasteiger partial charge in [0, 0.05) is 12.1 Å². The first-order valence-corrected chi connectivity index (χ1v) is 8.53. The summed E-state index contributed by atoms with van der Waals surface area (Å²) in [6.45, 7) is 1.54. The number of rotatable bonds is 3. The van der Waals surface area contributed by atoms with E-state index in [4.69, 9.17) is 9.73 Å². The fraction of sp³-hybridized carbons (Fsp3) is 0.150. The van der Waals surface area contributed by atoms with Crippen LogP contribution in [-0.2, 0) is 0 Å². The van der Waals surface area contributed by atoms with E-state index in [1.54, 1.807) is 13.4 Å². The summed E-state index contributed by atoms with van der Waals surface area (Å²) < 4.78 is 5.53. The summed E-state index contributed by atoms with van der Waals surface area (Å²) in [7, 11) is 1.68. The van der Waals surface area contributed by atoms with E-state index < -0.39 is 0 Å². The van der Waals surface area contributed by atoms with Gasteiger partial charge in [-0.15, -0.1) is 0 Å². The summed E-state index contributed by atoms with van der Waals surface area (Å²) in [5.74, 6) is 2.58. The average molecular weight is 343 g/mol. The smallest absolute Gasteiger partial charge is 0.162 e. The minimum atomic E-state index is 0.749. The molecule has 1 N–H and O–H groups in total. The Morgan fingerprint density at radius 1 is 1.04 bits per heavy atom. The van der Waals surface area contributed by atoms with Crippen LogP contribution in [0.5, 0.6) is 5.75 Å². The summed E-state index contributed by atoms with van der Waals surface area (Å²) in [5, 5.41) is 0.978. The molecule has 0 amide bonds. The van der Waals surface area contributed by atoms with Crippen LogP contribution in [0, 0.1) is 0 Å². The second kappa shape index (κ2) is 5.84. The number of ether oxygens (including phenoxy) is 1. The number of aliphatic imine (C=N–C) groups is 1. The molecule has 0 unspecified atom stereocenters. The zero-order valence-electron chi connectivity index (χ0n) is 14.3. The normalized spacial score (nSPS) is 14.2. The van der Waals surface area contributed by atoms with Crippen molar-refractivity contribution in [3.8, 4) is 5.75 Å². The molecule has 128 valence electrons. The molecule has 5 rings (SSSR count). The maximum absolute atomic E-state index is 5.53. The van der Waals surface area contributed by atoms with Crippen molar-refractivity contribution >= 4 is 33.6 Å². The first-order chi connectivity index (χ1) is 12.9. The Labute approximate surface area is 150 Å². The molecule has 4 aromatic rings. The number of nitrogens with zero attached hydrogens (tertiary/aromatic N) is 4. The molecule has 2 aromatic heterocycles. The number of amidine groups is 1. The third-order valence-corrected chi connectivity index (χ3v) is 4.70. The molecule has 0 spiro atoms. The number of benzene rings is 2. The molecule has 0 fully saturated rings. The van der Waals surface area contributed by atoms with Crippen molar-refractivity contribution < 1.29 is 4.74 Å². The first kappa shape index (κ1) is 14.9. The van der Waals surface area contributed by atoms with E-state index in [9.17, 15) is 0 Å². The first-order valence-electron chi connectivity index (χ1n) is 8.53. The lowest BCUT2D eigenvalue weighted by Crippen LogP contribution is -2.29. The number of nitrogens with one attached hydrogen (secondary N) is 1. The van der Waals surface area contributed by atoms with Gasteiger partial charge in [-0.1, -0.05) is 36.4 Å². The van der Waals surface area contributed by atoms with Crippen molar-refractivity contribution in [2.75, 3.05) is 25.1 Å². The van der Waals surface area contributed by atoms with Crippen LogP contribution in [0.2, 0.25) is 0 Å². The van der Waals surface area contributed by atoms with Crippen molar-refractivity contribution in [3.05, 3.63) is 60.4 Å². The molecule has 1 aliphatic rings. The topological polar surface area (TPSA) is 66.4 Å². The van der Waals surface area contributed by atoms with Crippen LogP contribution in [0.4, 0.5) is 5.82 Å². The third-order valence-electron chi connectivity index (χ3n) is 4.70. The van der Waals surface area contributed by atoms with Gasteiger partial charge in [-0.2, -0.15) is 0 Å². The van der Waals surface area contributed by atoms with Crippen molar-refractivity contribution in [3.63, 3.8) is 0 Å². The Hall–Kier alpha value is -3.41. The van der Waals surface area contributed by atoms with E-state index in [1.165, 1.54) is 0 Å². The van der Waals surface area contributed by atoms with Crippen molar-refractivity contribution in [2.24, 2.45) is 4.99 Å². The van der Waals surface area contributed by atoms with Crippen LogP contribution in [0.15, 0.2) is 59.9 Å². The fourth-order valence-corrected chi connectivity index (χ4v) is 3.56. The summed E-state index contributed by atoms with van der Waals surface area (Å²) >= 11 is 0. The van der Waals surface area contributed by atoms with Gasteiger partial charge in [-0.3, -0.25) is 4.99 Å². The highest BCUT2D eigenvalue weighted by Gasteiger charge is 2.25.